The summed E-state index contributed by atoms with van der Waals surface area (Å²) >= 11 is 0. The lowest BCUT2D eigenvalue weighted by Crippen LogP contribution is -2.39. The van der Waals surface area contributed by atoms with E-state index in [1.54, 1.807) is 6.92 Å². The van der Waals surface area contributed by atoms with Crippen LogP contribution in [0.3, 0.4) is 0 Å². The predicted molar refractivity (Wildman–Crippen MR) is 45.2 cm³/mol. The van der Waals surface area contributed by atoms with E-state index in [0.29, 0.717) is 6.54 Å². The van der Waals surface area contributed by atoms with E-state index in [-0.39, 0.29) is 6.10 Å². The predicted octanol–water partition coefficient (Wildman–Crippen LogP) is 1.06. The molecule has 4 nitrogen and oxygen atoms in total. The van der Waals surface area contributed by atoms with Gasteiger partial charge in [-0.3, -0.25) is 0 Å². The summed E-state index contributed by atoms with van der Waals surface area (Å²) in [5, 5.41) is 8.33. The van der Waals surface area contributed by atoms with Crippen molar-refractivity contribution in [3.05, 3.63) is 30.6 Å². The third-order valence-corrected chi connectivity index (χ3v) is 1.55. The van der Waals surface area contributed by atoms with E-state index in [1.807, 2.05) is 35.2 Å². The molecule has 70 valence electrons. The van der Waals surface area contributed by atoms with E-state index in [2.05, 4.69) is 4.74 Å². The van der Waals surface area contributed by atoms with Crippen molar-refractivity contribution in [2.24, 2.45) is 0 Å². The highest BCUT2D eigenvalue weighted by atomic mass is 16.7. The van der Waals surface area contributed by atoms with Crippen molar-refractivity contribution in [2.75, 3.05) is 0 Å². The van der Waals surface area contributed by atoms with Gasteiger partial charge in [-0.15, -0.1) is 0 Å². The first-order chi connectivity index (χ1) is 6.18. The number of pyridine rings is 1. The van der Waals surface area contributed by atoms with Crippen LogP contribution < -0.4 is 4.57 Å². The fraction of sp³-hybridized carbons (Fsp3) is 0.333. The number of aromatic nitrogens is 1. The van der Waals surface area contributed by atoms with Crippen LogP contribution in [0.15, 0.2) is 30.6 Å². The van der Waals surface area contributed by atoms with Gasteiger partial charge in [-0.25, -0.2) is 9.36 Å². The van der Waals surface area contributed by atoms with Crippen molar-refractivity contribution in [1.82, 2.24) is 0 Å². The summed E-state index contributed by atoms with van der Waals surface area (Å²) in [5.74, 6) is 0. The van der Waals surface area contributed by atoms with Crippen molar-refractivity contribution in [3.63, 3.8) is 0 Å². The highest BCUT2D eigenvalue weighted by molar-refractivity contribution is 5.56. The molecule has 1 atom stereocenters. The van der Waals surface area contributed by atoms with E-state index in [9.17, 15) is 4.79 Å². The van der Waals surface area contributed by atoms with Crippen LogP contribution in [0.1, 0.15) is 6.92 Å². The highest BCUT2D eigenvalue weighted by Crippen LogP contribution is 1.91. The zero-order chi connectivity index (χ0) is 9.68. The van der Waals surface area contributed by atoms with Crippen LogP contribution in [0.5, 0.6) is 0 Å². The largest absolute Gasteiger partial charge is 0.506 e. The van der Waals surface area contributed by atoms with Crippen molar-refractivity contribution in [1.29, 1.82) is 0 Å². The minimum Gasteiger partial charge on any atom is -0.450 e. The van der Waals surface area contributed by atoms with Gasteiger partial charge in [0.15, 0.2) is 25.0 Å². The zero-order valence-electron chi connectivity index (χ0n) is 7.38. The number of hydrogen-bond acceptors (Lipinski definition) is 2. The molecule has 0 fully saturated rings. The lowest BCUT2D eigenvalue weighted by atomic mass is 10.4. The van der Waals surface area contributed by atoms with Gasteiger partial charge in [-0.1, -0.05) is 6.07 Å². The summed E-state index contributed by atoms with van der Waals surface area (Å²) < 4.78 is 6.42. The van der Waals surface area contributed by atoms with E-state index < -0.39 is 6.16 Å². The lowest BCUT2D eigenvalue weighted by Gasteiger charge is -2.05. The smallest absolute Gasteiger partial charge is 0.450 e. The molecule has 1 heterocycles. The second-order valence-corrected chi connectivity index (χ2v) is 2.77. The van der Waals surface area contributed by atoms with E-state index in [1.165, 1.54) is 0 Å². The second kappa shape index (κ2) is 4.45. The quantitative estimate of drug-likeness (QED) is 0.561. The molecule has 13 heavy (non-hydrogen) atoms. The maximum absolute atomic E-state index is 10.2. The van der Waals surface area contributed by atoms with Crippen molar-refractivity contribution < 1.29 is 19.2 Å². The van der Waals surface area contributed by atoms with Gasteiger partial charge < -0.3 is 9.84 Å². The molecule has 1 aromatic rings. The molecular formula is C9H12NO3+. The second-order valence-electron chi connectivity index (χ2n) is 2.77. The van der Waals surface area contributed by atoms with Crippen molar-refractivity contribution in [3.8, 4) is 0 Å². The Hall–Kier alpha value is -1.58. The Kier molecular flexibility index (Phi) is 3.25. The fourth-order valence-electron chi connectivity index (χ4n) is 1.06. The molecule has 0 radical (unpaired) electrons. The van der Waals surface area contributed by atoms with Crippen LogP contribution in [-0.2, 0) is 11.3 Å². The Morgan fingerprint density at radius 1 is 1.46 bits per heavy atom. The summed E-state index contributed by atoms with van der Waals surface area (Å²) in [5.41, 5.74) is 0. The maximum atomic E-state index is 10.2. The Morgan fingerprint density at radius 3 is 2.62 bits per heavy atom. The molecular weight excluding hydrogens is 170 g/mol. The van der Waals surface area contributed by atoms with Crippen molar-refractivity contribution in [2.45, 2.75) is 19.6 Å². The van der Waals surface area contributed by atoms with E-state index >= 15 is 0 Å². The Labute approximate surface area is 76.4 Å². The van der Waals surface area contributed by atoms with Gasteiger partial charge >= 0.3 is 6.16 Å². The van der Waals surface area contributed by atoms with Crippen LogP contribution in [0.25, 0.3) is 0 Å². The van der Waals surface area contributed by atoms with Crippen LogP contribution >= 0.6 is 0 Å². The molecule has 4 heteroatoms. The lowest BCUT2D eigenvalue weighted by molar-refractivity contribution is -0.702. The topological polar surface area (TPSA) is 50.4 Å². The average molecular weight is 182 g/mol. The molecule has 0 aromatic carbocycles. The van der Waals surface area contributed by atoms with Gasteiger partial charge in [-0.05, 0) is 6.92 Å². The third kappa shape index (κ3) is 3.55. The number of ether oxygens (including phenoxy) is 1. The Bertz CT molecular complexity index is 273. The SMILES string of the molecule is C[C@H](C[n+]1ccccc1)OC(=O)O. The molecule has 0 saturated heterocycles. The molecule has 0 aliphatic carbocycles. The van der Waals surface area contributed by atoms with Crippen LogP contribution in [-0.4, -0.2) is 17.4 Å². The molecule has 0 bridgehead atoms. The molecule has 0 saturated carbocycles. The molecule has 0 aliphatic heterocycles. The number of carboxylic acid groups (broad SMARTS) is 1. The zero-order valence-corrected chi connectivity index (χ0v) is 7.38. The molecule has 1 aromatic heterocycles. The third-order valence-electron chi connectivity index (χ3n) is 1.55. The minimum absolute atomic E-state index is 0.329. The standard InChI is InChI=1S/C9H11NO3/c1-8(13-9(11)12)7-10-5-3-2-4-6-10/h2-6,8H,7H2,1H3/p+1/t8-/m1/s1. The minimum atomic E-state index is -1.23. The first-order valence-electron chi connectivity index (χ1n) is 4.02. The molecule has 0 unspecified atom stereocenters. The van der Waals surface area contributed by atoms with Gasteiger partial charge in [0.2, 0.25) is 0 Å². The molecule has 0 amide bonds. The summed E-state index contributed by atoms with van der Waals surface area (Å²) in [7, 11) is 0. The van der Waals surface area contributed by atoms with Crippen molar-refractivity contribution >= 4 is 6.16 Å². The summed E-state index contributed by atoms with van der Waals surface area (Å²) in [6, 6.07) is 5.67. The van der Waals surface area contributed by atoms with Gasteiger partial charge in [0.25, 0.3) is 0 Å². The van der Waals surface area contributed by atoms with Crippen LogP contribution in [0.4, 0.5) is 4.79 Å². The van der Waals surface area contributed by atoms with Gasteiger partial charge in [0.1, 0.15) is 0 Å². The average Bonchev–Trinajstić information content (AvgIpc) is 2.04. The maximum Gasteiger partial charge on any atom is 0.506 e. The molecule has 0 spiro atoms. The summed E-state index contributed by atoms with van der Waals surface area (Å²) in [6.07, 6.45) is 2.16. The molecule has 1 N–H and O–H groups in total. The van der Waals surface area contributed by atoms with E-state index in [4.69, 9.17) is 5.11 Å². The summed E-state index contributed by atoms with van der Waals surface area (Å²) in [6.45, 7) is 2.25. The first kappa shape index (κ1) is 9.51. The summed E-state index contributed by atoms with van der Waals surface area (Å²) in [4.78, 5) is 10.2. The Balaban J connectivity index is 2.45. The van der Waals surface area contributed by atoms with Crippen LogP contribution in [0.2, 0.25) is 0 Å². The molecule has 1 rings (SSSR count). The first-order valence-corrected chi connectivity index (χ1v) is 4.02. The van der Waals surface area contributed by atoms with Gasteiger partial charge in [0, 0.05) is 12.1 Å². The highest BCUT2D eigenvalue weighted by Gasteiger charge is 2.11. The van der Waals surface area contributed by atoms with E-state index in [0.717, 1.165) is 0 Å². The normalized spacial score (nSPS) is 12.1. The van der Waals surface area contributed by atoms with Crippen LogP contribution in [0, 0.1) is 0 Å². The number of hydrogen-bond donors (Lipinski definition) is 1. The fourth-order valence-corrected chi connectivity index (χ4v) is 1.06. The van der Waals surface area contributed by atoms with Gasteiger partial charge in [-0.2, -0.15) is 0 Å². The number of nitrogens with zero attached hydrogens (tertiary/aromatic N) is 1. The van der Waals surface area contributed by atoms with Gasteiger partial charge in [0.05, 0.1) is 0 Å². The number of carbonyl (C=O) groups is 1. The Morgan fingerprint density at radius 2 is 2.08 bits per heavy atom. The number of rotatable bonds is 3. The molecule has 0 aliphatic rings. The monoisotopic (exact) mass is 182 g/mol.